The smallest absolute Gasteiger partial charge is 0.0463 e. The van der Waals surface area contributed by atoms with E-state index in [9.17, 15) is 0 Å². The fourth-order valence-electron chi connectivity index (χ4n) is 2.17. The maximum atomic E-state index is 3.58. The van der Waals surface area contributed by atoms with Gasteiger partial charge in [-0.2, -0.15) is 0 Å². The average Bonchev–Trinajstić information content (AvgIpc) is 2.75. The van der Waals surface area contributed by atoms with Crippen molar-refractivity contribution in [1.82, 2.24) is 10.2 Å². The second kappa shape index (κ2) is 5.63. The van der Waals surface area contributed by atoms with Gasteiger partial charge in [-0.3, -0.25) is 0 Å². The predicted octanol–water partition coefficient (Wildman–Crippen LogP) is 3.11. The predicted molar refractivity (Wildman–Crippen MR) is 76.8 cm³/mol. The first-order valence-corrected chi connectivity index (χ1v) is 6.94. The van der Waals surface area contributed by atoms with Crippen LogP contribution in [0.4, 0.5) is 0 Å². The molecule has 1 aromatic heterocycles. The van der Waals surface area contributed by atoms with E-state index in [2.05, 4.69) is 60.9 Å². The lowest BCUT2D eigenvalue weighted by molar-refractivity contribution is 0.346. The molecule has 1 unspecified atom stereocenters. The number of benzene rings is 1. The van der Waals surface area contributed by atoms with Crippen LogP contribution in [0.25, 0.3) is 10.1 Å². The number of likely N-dealkylation sites (N-methyl/N-ethyl adjacent to an activating group) is 2. The molecule has 1 heterocycles. The van der Waals surface area contributed by atoms with Crippen molar-refractivity contribution in [2.45, 2.75) is 13.0 Å². The third kappa shape index (κ3) is 2.86. The van der Waals surface area contributed by atoms with Gasteiger partial charge in [-0.25, -0.2) is 0 Å². The van der Waals surface area contributed by atoms with Gasteiger partial charge in [-0.1, -0.05) is 25.1 Å². The normalized spacial score (nSPS) is 13.4. The van der Waals surface area contributed by atoms with Gasteiger partial charge in [0.25, 0.3) is 0 Å². The van der Waals surface area contributed by atoms with Gasteiger partial charge in [-0.15, -0.1) is 11.3 Å². The number of nitrogens with zero attached hydrogens (tertiary/aromatic N) is 1. The summed E-state index contributed by atoms with van der Waals surface area (Å²) in [4.78, 5) is 2.24. The molecule has 1 N–H and O–H groups in total. The van der Waals surface area contributed by atoms with Crippen LogP contribution in [0.1, 0.15) is 18.5 Å². The molecule has 92 valence electrons. The third-order valence-electron chi connectivity index (χ3n) is 2.88. The minimum atomic E-state index is 0.414. The summed E-state index contributed by atoms with van der Waals surface area (Å²) in [6.45, 7) is 4.20. The second-order valence-corrected chi connectivity index (χ2v) is 5.47. The molecule has 0 aliphatic rings. The summed E-state index contributed by atoms with van der Waals surface area (Å²) in [5.74, 6) is 0. The number of nitrogens with one attached hydrogen (secondary N) is 1. The lowest BCUT2D eigenvalue weighted by Crippen LogP contribution is -2.31. The molecule has 1 atom stereocenters. The maximum Gasteiger partial charge on any atom is 0.0463 e. The largest absolute Gasteiger partial charge is 0.309 e. The Labute approximate surface area is 107 Å². The lowest BCUT2D eigenvalue weighted by Gasteiger charge is -2.22. The van der Waals surface area contributed by atoms with Gasteiger partial charge in [0.2, 0.25) is 0 Å². The highest BCUT2D eigenvalue weighted by atomic mass is 32.1. The van der Waals surface area contributed by atoms with Crippen LogP contribution in [-0.2, 0) is 0 Å². The van der Waals surface area contributed by atoms with Gasteiger partial charge in [0.05, 0.1) is 0 Å². The second-order valence-electron chi connectivity index (χ2n) is 4.56. The number of thiophene rings is 1. The Bertz CT molecular complexity index is 476. The maximum absolute atomic E-state index is 3.58. The van der Waals surface area contributed by atoms with E-state index in [-0.39, 0.29) is 0 Å². The molecule has 2 aromatic rings. The van der Waals surface area contributed by atoms with Crippen LogP contribution in [0.5, 0.6) is 0 Å². The molecular formula is C14H20N2S. The highest BCUT2D eigenvalue weighted by Gasteiger charge is 2.14. The van der Waals surface area contributed by atoms with Crippen LogP contribution in [-0.4, -0.2) is 32.1 Å². The summed E-state index contributed by atoms with van der Waals surface area (Å²) < 4.78 is 1.42. The first-order chi connectivity index (χ1) is 8.22. The fraction of sp³-hybridized carbons (Fsp3) is 0.429. The Morgan fingerprint density at radius 1 is 1.29 bits per heavy atom. The molecule has 0 fully saturated rings. The fourth-order valence-corrected chi connectivity index (χ4v) is 3.14. The molecule has 0 bridgehead atoms. The molecule has 0 saturated heterocycles. The topological polar surface area (TPSA) is 15.3 Å². The lowest BCUT2D eigenvalue weighted by atomic mass is 10.0. The van der Waals surface area contributed by atoms with Crippen molar-refractivity contribution in [3.05, 3.63) is 35.2 Å². The zero-order chi connectivity index (χ0) is 12.3. The van der Waals surface area contributed by atoms with Crippen molar-refractivity contribution < 1.29 is 0 Å². The molecule has 3 heteroatoms. The molecule has 2 rings (SSSR count). The van der Waals surface area contributed by atoms with Crippen LogP contribution in [0.2, 0.25) is 0 Å². The number of hydrogen-bond donors (Lipinski definition) is 1. The minimum absolute atomic E-state index is 0.414. The van der Waals surface area contributed by atoms with Gasteiger partial charge in [0.1, 0.15) is 0 Å². The Balaban J connectivity index is 2.36. The van der Waals surface area contributed by atoms with E-state index in [0.717, 1.165) is 13.1 Å². The third-order valence-corrected chi connectivity index (χ3v) is 3.86. The molecule has 0 spiro atoms. The first kappa shape index (κ1) is 12.6. The van der Waals surface area contributed by atoms with Crippen LogP contribution >= 0.6 is 11.3 Å². The molecule has 1 aromatic carbocycles. The Morgan fingerprint density at radius 3 is 2.82 bits per heavy atom. The van der Waals surface area contributed by atoms with Crippen LogP contribution in [0, 0.1) is 0 Å². The summed E-state index contributed by atoms with van der Waals surface area (Å²) in [5.41, 5.74) is 1.42. The summed E-state index contributed by atoms with van der Waals surface area (Å²) in [6.07, 6.45) is 0. The Kier molecular flexibility index (Phi) is 4.15. The van der Waals surface area contributed by atoms with E-state index in [1.807, 2.05) is 11.3 Å². The van der Waals surface area contributed by atoms with E-state index < -0.39 is 0 Å². The SMILES string of the molecule is CCNC(CN(C)C)c1cccc2ccsc12. The van der Waals surface area contributed by atoms with E-state index in [1.54, 1.807) is 0 Å². The number of fused-ring (bicyclic) bond motifs is 1. The average molecular weight is 248 g/mol. The molecule has 2 nitrogen and oxygen atoms in total. The Morgan fingerprint density at radius 2 is 2.12 bits per heavy atom. The number of rotatable bonds is 5. The zero-order valence-electron chi connectivity index (χ0n) is 10.7. The molecule has 0 aliphatic heterocycles. The Hall–Kier alpha value is -0.900. The van der Waals surface area contributed by atoms with E-state index >= 15 is 0 Å². The monoisotopic (exact) mass is 248 g/mol. The molecule has 0 aliphatic carbocycles. The van der Waals surface area contributed by atoms with E-state index in [4.69, 9.17) is 0 Å². The van der Waals surface area contributed by atoms with Crippen molar-refractivity contribution in [2.75, 3.05) is 27.2 Å². The molecular weight excluding hydrogens is 228 g/mol. The molecule has 0 amide bonds. The van der Waals surface area contributed by atoms with Gasteiger partial charge in [0.15, 0.2) is 0 Å². The summed E-state index contributed by atoms with van der Waals surface area (Å²) >= 11 is 1.84. The van der Waals surface area contributed by atoms with Crippen molar-refractivity contribution >= 4 is 21.4 Å². The van der Waals surface area contributed by atoms with E-state index in [0.29, 0.717) is 6.04 Å². The highest BCUT2D eigenvalue weighted by Crippen LogP contribution is 2.29. The van der Waals surface area contributed by atoms with Crippen LogP contribution in [0.15, 0.2) is 29.6 Å². The zero-order valence-corrected chi connectivity index (χ0v) is 11.6. The molecule has 0 saturated carbocycles. The molecule has 0 radical (unpaired) electrons. The minimum Gasteiger partial charge on any atom is -0.309 e. The van der Waals surface area contributed by atoms with Gasteiger partial charge < -0.3 is 10.2 Å². The number of hydrogen-bond acceptors (Lipinski definition) is 3. The standard InChI is InChI=1S/C14H20N2S/c1-4-15-13(10-16(2)3)12-7-5-6-11-8-9-17-14(11)12/h5-9,13,15H,4,10H2,1-3H3. The van der Waals surface area contributed by atoms with E-state index in [1.165, 1.54) is 15.6 Å². The summed E-state index contributed by atoms with van der Waals surface area (Å²) in [7, 11) is 4.25. The first-order valence-electron chi connectivity index (χ1n) is 6.06. The van der Waals surface area contributed by atoms with Crippen molar-refractivity contribution in [3.63, 3.8) is 0 Å². The van der Waals surface area contributed by atoms with Crippen molar-refractivity contribution in [1.29, 1.82) is 0 Å². The highest BCUT2D eigenvalue weighted by molar-refractivity contribution is 7.17. The van der Waals surface area contributed by atoms with Gasteiger partial charge in [0, 0.05) is 17.3 Å². The molecule has 17 heavy (non-hydrogen) atoms. The van der Waals surface area contributed by atoms with Gasteiger partial charge in [-0.05, 0) is 43.0 Å². The van der Waals surface area contributed by atoms with Crippen LogP contribution in [0.3, 0.4) is 0 Å². The van der Waals surface area contributed by atoms with Crippen LogP contribution < -0.4 is 5.32 Å². The van der Waals surface area contributed by atoms with Gasteiger partial charge >= 0.3 is 0 Å². The van der Waals surface area contributed by atoms with Crippen molar-refractivity contribution in [2.24, 2.45) is 0 Å². The van der Waals surface area contributed by atoms with Crippen molar-refractivity contribution in [3.8, 4) is 0 Å². The quantitative estimate of drug-likeness (QED) is 0.874. The summed E-state index contributed by atoms with van der Waals surface area (Å²) in [5, 5.41) is 7.11. The summed E-state index contributed by atoms with van der Waals surface area (Å²) in [6, 6.07) is 9.20.